The number of hydrogen-bond donors (Lipinski definition) is 0. The third-order valence-electron chi connectivity index (χ3n) is 6.33. The van der Waals surface area contributed by atoms with Crippen molar-refractivity contribution in [2.45, 2.75) is 92.3 Å². The Labute approximate surface area is 152 Å². The molecule has 142 valence electrons. The van der Waals surface area contributed by atoms with Crippen LogP contribution in [0.4, 0.5) is 0 Å². The lowest BCUT2D eigenvalue weighted by atomic mass is 9.75. The average molecular weight is 359 g/mol. The second-order valence-electron chi connectivity index (χ2n) is 9.13. The first-order chi connectivity index (χ1) is 11.3. The Hall–Kier alpha value is 0.0700. The van der Waals surface area contributed by atoms with Crippen molar-refractivity contribution in [1.29, 1.82) is 0 Å². The Morgan fingerprint density at radius 1 is 0.750 bits per heavy atom. The zero-order valence-corrected chi connectivity index (χ0v) is 17.3. The van der Waals surface area contributed by atoms with Crippen LogP contribution in [0.15, 0.2) is 0 Å². The topological polar surface area (TPSA) is 35.5 Å². The van der Waals surface area contributed by atoms with Crippen molar-refractivity contribution in [3.63, 3.8) is 0 Å². The van der Waals surface area contributed by atoms with Gasteiger partial charge in [-0.2, -0.15) is 4.21 Å². The molecule has 0 unspecified atom stereocenters. The summed E-state index contributed by atoms with van der Waals surface area (Å²) in [5.41, 5.74) is 0. The summed E-state index contributed by atoms with van der Waals surface area (Å²) >= 11 is -1.62. The fraction of sp³-hybridized carbons (Fsp3) is 1.00. The van der Waals surface area contributed by atoms with Gasteiger partial charge in [0.2, 0.25) is 0 Å². The first kappa shape index (κ1) is 20.4. The molecule has 2 aliphatic rings. The lowest BCUT2D eigenvalue weighted by Crippen LogP contribution is -2.38. The Bertz CT molecular complexity index is 374. The van der Waals surface area contributed by atoms with E-state index in [1.807, 2.05) is 0 Å². The lowest BCUT2D eigenvalue weighted by Gasteiger charge is -2.38. The van der Waals surface area contributed by atoms with Crippen molar-refractivity contribution in [2.75, 3.05) is 0 Å². The van der Waals surface area contributed by atoms with E-state index in [0.717, 1.165) is 12.8 Å². The molecular weight excluding hydrogens is 320 g/mol. The molecule has 0 spiro atoms. The van der Waals surface area contributed by atoms with Crippen LogP contribution in [0.1, 0.15) is 80.1 Å². The monoisotopic (exact) mass is 358 g/mol. The van der Waals surface area contributed by atoms with Gasteiger partial charge in [0.05, 0.1) is 12.2 Å². The highest BCUT2D eigenvalue weighted by Gasteiger charge is 2.36. The third-order valence-corrected chi connectivity index (χ3v) is 7.14. The van der Waals surface area contributed by atoms with Crippen molar-refractivity contribution in [3.05, 3.63) is 0 Å². The van der Waals surface area contributed by atoms with E-state index in [1.54, 1.807) is 0 Å². The zero-order chi connectivity index (χ0) is 17.9. The molecule has 0 aromatic carbocycles. The third kappa shape index (κ3) is 5.54. The average Bonchev–Trinajstić information content (AvgIpc) is 2.46. The normalized spacial score (nSPS) is 38.2. The summed E-state index contributed by atoms with van der Waals surface area (Å²) in [5.74, 6) is 3.44. The molecule has 0 radical (unpaired) electrons. The molecule has 0 aromatic rings. The molecule has 0 N–H and O–H groups in total. The van der Waals surface area contributed by atoms with Crippen LogP contribution in [0.3, 0.4) is 0 Å². The molecule has 2 aliphatic carbocycles. The molecule has 0 saturated heterocycles. The van der Waals surface area contributed by atoms with E-state index >= 15 is 0 Å². The number of rotatable bonds is 6. The van der Waals surface area contributed by atoms with Gasteiger partial charge in [0, 0.05) is 0 Å². The van der Waals surface area contributed by atoms with E-state index < -0.39 is 11.4 Å². The van der Waals surface area contributed by atoms with Gasteiger partial charge in [-0.3, -0.25) is 8.37 Å². The number of hydrogen-bond acceptors (Lipinski definition) is 3. The molecule has 0 bridgehead atoms. The SMILES string of the molecule is CC(C)[C@@H]1CC[C@@H](C)C[C@H]1OS(=O)O[C@@H]1C[C@H](C)CC[C@H]1C(C)C. The minimum atomic E-state index is -1.62. The van der Waals surface area contributed by atoms with Crippen LogP contribution in [0.5, 0.6) is 0 Å². The molecule has 0 heterocycles. The van der Waals surface area contributed by atoms with Crippen molar-refractivity contribution < 1.29 is 12.6 Å². The van der Waals surface area contributed by atoms with E-state index in [-0.39, 0.29) is 12.2 Å². The van der Waals surface area contributed by atoms with Crippen LogP contribution in [-0.4, -0.2) is 16.4 Å². The van der Waals surface area contributed by atoms with Gasteiger partial charge >= 0.3 is 11.4 Å². The van der Waals surface area contributed by atoms with Gasteiger partial charge < -0.3 is 0 Å². The van der Waals surface area contributed by atoms with E-state index in [1.165, 1.54) is 25.7 Å². The van der Waals surface area contributed by atoms with Crippen LogP contribution < -0.4 is 0 Å². The van der Waals surface area contributed by atoms with E-state index in [0.29, 0.717) is 35.5 Å². The van der Waals surface area contributed by atoms with Crippen molar-refractivity contribution in [3.8, 4) is 0 Å². The summed E-state index contributed by atoms with van der Waals surface area (Å²) in [6.45, 7) is 13.5. The summed E-state index contributed by atoms with van der Waals surface area (Å²) in [6.07, 6.45) is 7.03. The second-order valence-corrected chi connectivity index (χ2v) is 9.92. The summed E-state index contributed by atoms with van der Waals surface area (Å²) in [4.78, 5) is 0. The zero-order valence-electron chi connectivity index (χ0n) is 16.5. The maximum absolute atomic E-state index is 12.6. The van der Waals surface area contributed by atoms with Crippen molar-refractivity contribution in [2.24, 2.45) is 35.5 Å². The van der Waals surface area contributed by atoms with Crippen LogP contribution in [0.25, 0.3) is 0 Å². The molecule has 0 aliphatic heterocycles. The molecule has 2 fully saturated rings. The lowest BCUT2D eigenvalue weighted by molar-refractivity contribution is 0.0142. The van der Waals surface area contributed by atoms with Gasteiger partial charge in [0.1, 0.15) is 0 Å². The Morgan fingerprint density at radius 2 is 1.12 bits per heavy atom. The van der Waals surface area contributed by atoms with Crippen molar-refractivity contribution in [1.82, 2.24) is 0 Å². The van der Waals surface area contributed by atoms with Crippen LogP contribution >= 0.6 is 0 Å². The van der Waals surface area contributed by atoms with Gasteiger partial charge in [-0.05, 0) is 61.2 Å². The first-order valence-corrected chi connectivity index (χ1v) is 11.0. The van der Waals surface area contributed by atoms with Gasteiger partial charge in [0.25, 0.3) is 0 Å². The molecular formula is C20H38O3S. The molecule has 0 aromatic heterocycles. The maximum Gasteiger partial charge on any atom is 0.305 e. The molecule has 2 saturated carbocycles. The summed E-state index contributed by atoms with van der Waals surface area (Å²) < 4.78 is 24.5. The highest BCUT2D eigenvalue weighted by Crippen LogP contribution is 2.38. The first-order valence-electron chi connectivity index (χ1n) is 10.0. The highest BCUT2D eigenvalue weighted by molar-refractivity contribution is 7.75. The van der Waals surface area contributed by atoms with Crippen LogP contribution in [-0.2, 0) is 19.7 Å². The molecule has 4 heteroatoms. The van der Waals surface area contributed by atoms with Crippen molar-refractivity contribution >= 4 is 11.4 Å². The molecule has 2 rings (SSSR count). The predicted molar refractivity (Wildman–Crippen MR) is 101 cm³/mol. The predicted octanol–water partition coefficient (Wildman–Crippen LogP) is 5.52. The quantitative estimate of drug-likeness (QED) is 0.627. The Morgan fingerprint density at radius 3 is 1.46 bits per heavy atom. The summed E-state index contributed by atoms with van der Waals surface area (Å²) in [7, 11) is 0. The minimum Gasteiger partial charge on any atom is -0.265 e. The Kier molecular flexibility index (Phi) is 7.76. The van der Waals surface area contributed by atoms with Crippen LogP contribution in [0, 0.1) is 35.5 Å². The fourth-order valence-corrected chi connectivity index (χ4v) is 5.57. The highest BCUT2D eigenvalue weighted by atomic mass is 32.2. The minimum absolute atomic E-state index is 0.0769. The largest absolute Gasteiger partial charge is 0.305 e. The van der Waals surface area contributed by atoms with Crippen LogP contribution in [0.2, 0.25) is 0 Å². The van der Waals surface area contributed by atoms with E-state index in [9.17, 15) is 4.21 Å². The smallest absolute Gasteiger partial charge is 0.265 e. The van der Waals surface area contributed by atoms with Gasteiger partial charge in [-0.15, -0.1) is 0 Å². The molecule has 3 nitrogen and oxygen atoms in total. The van der Waals surface area contributed by atoms with Gasteiger partial charge in [0.15, 0.2) is 0 Å². The molecule has 6 atom stereocenters. The maximum atomic E-state index is 12.6. The van der Waals surface area contributed by atoms with Gasteiger partial charge in [-0.25, -0.2) is 0 Å². The standard InChI is InChI=1S/C20H38O3S/c1-13(2)17-9-7-15(5)11-19(17)22-24(21)23-20-12-16(6)8-10-18(20)14(3)4/h13-20H,7-12H2,1-6H3/t15-,16-,17+,18+,19-,20-/m1/s1. The molecule has 0 amide bonds. The summed E-state index contributed by atoms with van der Waals surface area (Å²) in [5, 5.41) is 0. The summed E-state index contributed by atoms with van der Waals surface area (Å²) in [6, 6.07) is 0. The van der Waals surface area contributed by atoms with E-state index in [2.05, 4.69) is 41.5 Å². The molecule has 24 heavy (non-hydrogen) atoms. The van der Waals surface area contributed by atoms with E-state index in [4.69, 9.17) is 8.37 Å². The Balaban J connectivity index is 1.94. The second kappa shape index (κ2) is 9.14. The fourth-order valence-electron chi connectivity index (χ4n) is 4.68. The van der Waals surface area contributed by atoms with Gasteiger partial charge in [-0.1, -0.05) is 54.4 Å².